The molecule has 1 fully saturated rings. The maximum absolute atomic E-state index is 11.7. The Bertz CT molecular complexity index is 531. The standard InChI is InChI=1S/C14H21N3O3/c1-9(2)13-15-11(8-12(18)16-13)17-6-4-10(5-7-17)14(19)20-3/h8-10H,4-7H2,1-3H3,(H,15,16,18). The van der Waals surface area contributed by atoms with Gasteiger partial charge < -0.3 is 14.6 Å². The van der Waals surface area contributed by atoms with Crippen LogP contribution in [0.1, 0.15) is 38.4 Å². The average molecular weight is 279 g/mol. The Balaban J connectivity index is 2.11. The molecule has 0 aliphatic carbocycles. The molecule has 1 saturated heterocycles. The Morgan fingerprint density at radius 1 is 1.45 bits per heavy atom. The van der Waals surface area contributed by atoms with E-state index in [0.717, 1.165) is 12.8 Å². The molecule has 0 bridgehead atoms. The molecule has 1 aromatic heterocycles. The van der Waals surface area contributed by atoms with Gasteiger partial charge in [0.25, 0.3) is 5.56 Å². The van der Waals surface area contributed by atoms with Crippen LogP contribution in [0.5, 0.6) is 0 Å². The lowest BCUT2D eigenvalue weighted by molar-refractivity contribution is -0.146. The maximum atomic E-state index is 11.7. The first-order chi connectivity index (χ1) is 9.51. The zero-order valence-corrected chi connectivity index (χ0v) is 12.2. The number of nitrogens with one attached hydrogen (secondary N) is 1. The molecule has 0 aromatic carbocycles. The molecule has 1 aliphatic rings. The summed E-state index contributed by atoms with van der Waals surface area (Å²) in [5, 5.41) is 0. The van der Waals surface area contributed by atoms with Gasteiger partial charge in [-0.05, 0) is 12.8 Å². The lowest BCUT2D eigenvalue weighted by atomic mass is 9.97. The zero-order valence-electron chi connectivity index (χ0n) is 12.2. The van der Waals surface area contributed by atoms with Crippen LogP contribution in [-0.4, -0.2) is 36.1 Å². The Kier molecular flexibility index (Phi) is 4.42. The van der Waals surface area contributed by atoms with Crippen molar-refractivity contribution >= 4 is 11.8 Å². The van der Waals surface area contributed by atoms with E-state index >= 15 is 0 Å². The second kappa shape index (κ2) is 6.07. The molecular formula is C14H21N3O3. The van der Waals surface area contributed by atoms with Crippen molar-refractivity contribution in [1.29, 1.82) is 0 Å². The van der Waals surface area contributed by atoms with Crippen LogP contribution in [0.15, 0.2) is 10.9 Å². The maximum Gasteiger partial charge on any atom is 0.308 e. The van der Waals surface area contributed by atoms with E-state index in [2.05, 4.69) is 14.9 Å². The summed E-state index contributed by atoms with van der Waals surface area (Å²) in [5.74, 6) is 1.38. The number of ether oxygens (including phenoxy) is 1. The summed E-state index contributed by atoms with van der Waals surface area (Å²) in [6.07, 6.45) is 1.47. The number of esters is 1. The Morgan fingerprint density at radius 3 is 2.65 bits per heavy atom. The van der Waals surface area contributed by atoms with E-state index in [4.69, 9.17) is 4.74 Å². The third kappa shape index (κ3) is 3.18. The van der Waals surface area contributed by atoms with E-state index in [1.807, 2.05) is 13.8 Å². The van der Waals surface area contributed by atoms with E-state index < -0.39 is 0 Å². The monoisotopic (exact) mass is 279 g/mol. The third-order valence-electron chi connectivity index (χ3n) is 3.65. The van der Waals surface area contributed by atoms with Gasteiger partial charge in [-0.25, -0.2) is 4.98 Å². The van der Waals surface area contributed by atoms with Crippen LogP contribution in [0.3, 0.4) is 0 Å². The molecule has 0 saturated carbocycles. The summed E-state index contributed by atoms with van der Waals surface area (Å²) >= 11 is 0. The fourth-order valence-corrected chi connectivity index (χ4v) is 2.41. The van der Waals surface area contributed by atoms with Gasteiger partial charge in [0.15, 0.2) is 0 Å². The topological polar surface area (TPSA) is 75.3 Å². The second-order valence-electron chi connectivity index (χ2n) is 5.43. The largest absolute Gasteiger partial charge is 0.469 e. The van der Waals surface area contributed by atoms with Crippen molar-refractivity contribution in [2.45, 2.75) is 32.6 Å². The molecule has 2 rings (SSSR count). The number of nitrogens with zero attached hydrogens (tertiary/aromatic N) is 2. The number of H-pyrrole nitrogens is 1. The zero-order chi connectivity index (χ0) is 14.7. The summed E-state index contributed by atoms with van der Waals surface area (Å²) in [4.78, 5) is 32.5. The Hall–Kier alpha value is -1.85. The number of methoxy groups -OCH3 is 1. The highest BCUT2D eigenvalue weighted by Crippen LogP contribution is 2.22. The fourth-order valence-electron chi connectivity index (χ4n) is 2.41. The minimum absolute atomic E-state index is 0.0391. The van der Waals surface area contributed by atoms with Gasteiger partial charge in [0.2, 0.25) is 0 Å². The molecule has 20 heavy (non-hydrogen) atoms. The molecule has 0 unspecified atom stereocenters. The van der Waals surface area contributed by atoms with Gasteiger partial charge in [-0.2, -0.15) is 0 Å². The van der Waals surface area contributed by atoms with Crippen LogP contribution in [0, 0.1) is 5.92 Å². The molecule has 0 atom stereocenters. The number of piperidine rings is 1. The highest BCUT2D eigenvalue weighted by Gasteiger charge is 2.26. The van der Waals surface area contributed by atoms with E-state index in [0.29, 0.717) is 24.7 Å². The van der Waals surface area contributed by atoms with Gasteiger partial charge in [0, 0.05) is 25.1 Å². The molecule has 6 heteroatoms. The highest BCUT2D eigenvalue weighted by atomic mass is 16.5. The number of carbonyl (C=O) groups is 1. The molecule has 1 aliphatic heterocycles. The smallest absolute Gasteiger partial charge is 0.308 e. The first-order valence-corrected chi connectivity index (χ1v) is 6.95. The number of aromatic nitrogens is 2. The molecular weight excluding hydrogens is 258 g/mol. The summed E-state index contributed by atoms with van der Waals surface area (Å²) in [5.41, 5.74) is -0.131. The summed E-state index contributed by atoms with van der Waals surface area (Å²) in [6, 6.07) is 1.52. The van der Waals surface area contributed by atoms with Gasteiger partial charge in [-0.15, -0.1) is 0 Å². The van der Waals surface area contributed by atoms with Gasteiger partial charge >= 0.3 is 5.97 Å². The predicted octanol–water partition coefficient (Wildman–Crippen LogP) is 1.28. The lowest BCUT2D eigenvalue weighted by Crippen LogP contribution is -2.38. The van der Waals surface area contributed by atoms with Crippen molar-refractivity contribution in [3.05, 3.63) is 22.2 Å². The quantitative estimate of drug-likeness (QED) is 0.844. The van der Waals surface area contributed by atoms with Gasteiger partial charge in [-0.1, -0.05) is 13.8 Å². The van der Waals surface area contributed by atoms with E-state index in [1.165, 1.54) is 13.2 Å². The van der Waals surface area contributed by atoms with Gasteiger partial charge in [-0.3, -0.25) is 9.59 Å². The van der Waals surface area contributed by atoms with Crippen molar-refractivity contribution in [3.8, 4) is 0 Å². The minimum atomic E-state index is -0.147. The van der Waals surface area contributed by atoms with Crippen molar-refractivity contribution in [2.75, 3.05) is 25.1 Å². The van der Waals surface area contributed by atoms with E-state index in [1.54, 1.807) is 0 Å². The molecule has 2 heterocycles. The SMILES string of the molecule is COC(=O)C1CCN(c2cc(=O)[nH]c(C(C)C)n2)CC1. The van der Waals surface area contributed by atoms with Crippen molar-refractivity contribution in [2.24, 2.45) is 5.92 Å². The summed E-state index contributed by atoms with van der Waals surface area (Å²) < 4.78 is 4.77. The third-order valence-corrected chi connectivity index (χ3v) is 3.65. The summed E-state index contributed by atoms with van der Waals surface area (Å²) in [6.45, 7) is 5.42. The average Bonchev–Trinajstić information content (AvgIpc) is 2.46. The lowest BCUT2D eigenvalue weighted by Gasteiger charge is -2.31. The van der Waals surface area contributed by atoms with Crippen LogP contribution in [-0.2, 0) is 9.53 Å². The Morgan fingerprint density at radius 2 is 2.10 bits per heavy atom. The molecule has 110 valence electrons. The molecule has 6 nitrogen and oxygen atoms in total. The predicted molar refractivity (Wildman–Crippen MR) is 75.9 cm³/mol. The van der Waals surface area contributed by atoms with Gasteiger partial charge in [0.1, 0.15) is 11.6 Å². The molecule has 0 radical (unpaired) electrons. The number of hydrogen-bond donors (Lipinski definition) is 1. The molecule has 0 spiro atoms. The van der Waals surface area contributed by atoms with Crippen LogP contribution >= 0.6 is 0 Å². The number of anilines is 1. The van der Waals surface area contributed by atoms with Crippen LogP contribution in [0.25, 0.3) is 0 Å². The van der Waals surface area contributed by atoms with Crippen LogP contribution in [0.4, 0.5) is 5.82 Å². The van der Waals surface area contributed by atoms with E-state index in [-0.39, 0.29) is 23.4 Å². The van der Waals surface area contributed by atoms with Crippen molar-refractivity contribution in [1.82, 2.24) is 9.97 Å². The summed E-state index contributed by atoms with van der Waals surface area (Å²) in [7, 11) is 1.42. The fraction of sp³-hybridized carbons (Fsp3) is 0.643. The van der Waals surface area contributed by atoms with Crippen LogP contribution in [0.2, 0.25) is 0 Å². The molecule has 0 amide bonds. The highest BCUT2D eigenvalue weighted by molar-refractivity contribution is 5.72. The first kappa shape index (κ1) is 14.6. The first-order valence-electron chi connectivity index (χ1n) is 6.95. The molecule has 1 aromatic rings. The Labute approximate surface area is 118 Å². The van der Waals surface area contributed by atoms with Gasteiger partial charge in [0.05, 0.1) is 13.0 Å². The van der Waals surface area contributed by atoms with E-state index in [9.17, 15) is 9.59 Å². The normalized spacial score (nSPS) is 16.5. The number of aromatic amines is 1. The second-order valence-corrected chi connectivity index (χ2v) is 5.43. The van der Waals surface area contributed by atoms with Crippen molar-refractivity contribution < 1.29 is 9.53 Å². The number of carbonyl (C=O) groups excluding carboxylic acids is 1. The number of hydrogen-bond acceptors (Lipinski definition) is 5. The van der Waals surface area contributed by atoms with Crippen LogP contribution < -0.4 is 10.5 Å². The minimum Gasteiger partial charge on any atom is -0.469 e. The van der Waals surface area contributed by atoms with Crippen molar-refractivity contribution in [3.63, 3.8) is 0 Å². The molecule has 1 N–H and O–H groups in total. The number of rotatable bonds is 3.